The van der Waals surface area contributed by atoms with Crippen molar-refractivity contribution in [3.05, 3.63) is 48.4 Å². The molecule has 0 N–H and O–H groups in total. The zero-order chi connectivity index (χ0) is 14.8. The number of ether oxygens (including phenoxy) is 1. The van der Waals surface area contributed by atoms with Crippen molar-refractivity contribution in [1.29, 1.82) is 0 Å². The summed E-state index contributed by atoms with van der Waals surface area (Å²) in [6.45, 7) is 4.39. The summed E-state index contributed by atoms with van der Waals surface area (Å²) < 4.78 is 7.61. The second kappa shape index (κ2) is 5.56. The van der Waals surface area contributed by atoms with Gasteiger partial charge in [0.05, 0.1) is 12.8 Å². The van der Waals surface area contributed by atoms with E-state index in [1.54, 1.807) is 13.3 Å². The quantitative estimate of drug-likeness (QED) is 0.733. The normalized spacial score (nSPS) is 11.2. The highest BCUT2D eigenvalue weighted by Crippen LogP contribution is 2.28. The lowest BCUT2D eigenvalue weighted by Crippen LogP contribution is -2.06. The summed E-state index contributed by atoms with van der Waals surface area (Å²) in [5, 5.41) is 0. The molecule has 3 aromatic rings. The van der Waals surface area contributed by atoms with Crippen molar-refractivity contribution in [1.82, 2.24) is 14.5 Å². The summed E-state index contributed by atoms with van der Waals surface area (Å²) in [7, 11) is 1.69. The maximum absolute atomic E-state index is 5.50. The molecule has 0 saturated carbocycles. The molecule has 1 aromatic carbocycles. The van der Waals surface area contributed by atoms with Gasteiger partial charge in [-0.3, -0.25) is 4.57 Å². The predicted octanol–water partition coefficient (Wildman–Crippen LogP) is 3.63. The first-order chi connectivity index (χ1) is 10.2. The number of imidazole rings is 1. The average Bonchev–Trinajstić information content (AvgIpc) is 2.84. The number of nitrogens with zero attached hydrogens (tertiary/aromatic N) is 3. The van der Waals surface area contributed by atoms with Crippen LogP contribution < -0.4 is 4.74 Å². The average molecular weight is 281 g/mol. The van der Waals surface area contributed by atoms with E-state index in [-0.39, 0.29) is 0 Å². The SMILES string of the molecule is COc1ccccc1-n1c(CC(C)C)nc2cccnc21. The van der Waals surface area contributed by atoms with E-state index in [0.29, 0.717) is 5.92 Å². The highest BCUT2D eigenvalue weighted by molar-refractivity contribution is 5.74. The molecule has 0 fully saturated rings. The van der Waals surface area contributed by atoms with E-state index in [9.17, 15) is 0 Å². The number of para-hydroxylation sites is 2. The first kappa shape index (κ1) is 13.6. The molecule has 0 saturated heterocycles. The minimum atomic E-state index is 0.523. The highest BCUT2D eigenvalue weighted by Gasteiger charge is 2.16. The van der Waals surface area contributed by atoms with E-state index >= 15 is 0 Å². The smallest absolute Gasteiger partial charge is 0.164 e. The van der Waals surface area contributed by atoms with Crippen LogP contribution >= 0.6 is 0 Å². The number of rotatable bonds is 4. The molecule has 4 nitrogen and oxygen atoms in total. The van der Waals surface area contributed by atoms with Gasteiger partial charge in [0, 0.05) is 12.6 Å². The maximum Gasteiger partial charge on any atom is 0.164 e. The fourth-order valence-corrected chi connectivity index (χ4v) is 2.53. The zero-order valence-corrected chi connectivity index (χ0v) is 12.6. The van der Waals surface area contributed by atoms with Gasteiger partial charge in [-0.25, -0.2) is 9.97 Å². The molecule has 0 radical (unpaired) electrons. The lowest BCUT2D eigenvalue weighted by Gasteiger charge is -2.13. The van der Waals surface area contributed by atoms with Gasteiger partial charge in [0.1, 0.15) is 17.1 Å². The molecule has 0 bridgehead atoms. The predicted molar refractivity (Wildman–Crippen MR) is 84.0 cm³/mol. The van der Waals surface area contributed by atoms with Gasteiger partial charge in [-0.1, -0.05) is 26.0 Å². The molecule has 0 amide bonds. The first-order valence-electron chi connectivity index (χ1n) is 7.16. The van der Waals surface area contributed by atoms with Crippen LogP contribution in [0.3, 0.4) is 0 Å². The number of aromatic nitrogens is 3. The first-order valence-corrected chi connectivity index (χ1v) is 7.16. The summed E-state index contributed by atoms with van der Waals surface area (Å²) in [6, 6.07) is 11.9. The van der Waals surface area contributed by atoms with Crippen LogP contribution in [0.5, 0.6) is 5.75 Å². The molecule has 2 heterocycles. The van der Waals surface area contributed by atoms with Crippen LogP contribution in [0.25, 0.3) is 16.9 Å². The summed E-state index contributed by atoms with van der Waals surface area (Å²) in [5.74, 6) is 2.37. The highest BCUT2D eigenvalue weighted by atomic mass is 16.5. The van der Waals surface area contributed by atoms with E-state index in [1.807, 2.05) is 36.4 Å². The van der Waals surface area contributed by atoms with Crippen molar-refractivity contribution in [3.63, 3.8) is 0 Å². The topological polar surface area (TPSA) is 39.9 Å². The van der Waals surface area contributed by atoms with Crippen molar-refractivity contribution in [2.45, 2.75) is 20.3 Å². The number of benzene rings is 1. The molecular weight excluding hydrogens is 262 g/mol. The fraction of sp³-hybridized carbons (Fsp3) is 0.294. The third-order valence-electron chi connectivity index (χ3n) is 3.40. The molecule has 0 aliphatic rings. The monoisotopic (exact) mass is 281 g/mol. The van der Waals surface area contributed by atoms with E-state index in [0.717, 1.165) is 34.8 Å². The molecule has 0 aliphatic carbocycles. The minimum Gasteiger partial charge on any atom is -0.495 e. The molecule has 3 rings (SSSR count). The summed E-state index contributed by atoms with van der Waals surface area (Å²) in [5.41, 5.74) is 2.77. The standard InChI is InChI=1S/C17H19N3O/c1-12(2)11-16-19-13-7-6-10-18-17(13)20(16)14-8-4-5-9-15(14)21-3/h4-10,12H,11H2,1-3H3. The fourth-order valence-electron chi connectivity index (χ4n) is 2.53. The van der Waals surface area contributed by atoms with Gasteiger partial charge in [0.15, 0.2) is 5.65 Å². The molecule has 0 unspecified atom stereocenters. The van der Waals surface area contributed by atoms with Gasteiger partial charge in [-0.05, 0) is 30.2 Å². The van der Waals surface area contributed by atoms with Gasteiger partial charge in [-0.15, -0.1) is 0 Å². The molecular formula is C17H19N3O. The van der Waals surface area contributed by atoms with Crippen LogP contribution in [0.4, 0.5) is 0 Å². The van der Waals surface area contributed by atoms with Crippen LogP contribution in [0, 0.1) is 5.92 Å². The molecule has 0 spiro atoms. The Bertz CT molecular complexity index is 762. The molecule has 108 valence electrons. The van der Waals surface area contributed by atoms with Gasteiger partial charge in [-0.2, -0.15) is 0 Å². The largest absolute Gasteiger partial charge is 0.495 e. The number of fused-ring (bicyclic) bond motifs is 1. The Labute approximate surface area is 124 Å². The molecule has 0 atom stereocenters. The number of pyridine rings is 1. The summed E-state index contributed by atoms with van der Waals surface area (Å²) >= 11 is 0. The van der Waals surface area contributed by atoms with Crippen LogP contribution in [-0.2, 0) is 6.42 Å². The third-order valence-corrected chi connectivity index (χ3v) is 3.40. The third kappa shape index (κ3) is 2.49. The molecule has 0 aliphatic heterocycles. The molecule has 2 aromatic heterocycles. The van der Waals surface area contributed by atoms with Crippen molar-refractivity contribution in [3.8, 4) is 11.4 Å². The van der Waals surface area contributed by atoms with Gasteiger partial charge >= 0.3 is 0 Å². The van der Waals surface area contributed by atoms with Crippen molar-refractivity contribution >= 4 is 11.2 Å². The van der Waals surface area contributed by atoms with E-state index < -0.39 is 0 Å². The number of methoxy groups -OCH3 is 1. The molecule has 21 heavy (non-hydrogen) atoms. The maximum atomic E-state index is 5.50. The second-order valence-electron chi connectivity index (χ2n) is 5.48. The Balaban J connectivity index is 2.28. The Kier molecular flexibility index (Phi) is 3.60. The van der Waals surface area contributed by atoms with Gasteiger partial charge < -0.3 is 4.74 Å². The van der Waals surface area contributed by atoms with Crippen LogP contribution in [0.15, 0.2) is 42.6 Å². The van der Waals surface area contributed by atoms with Crippen LogP contribution in [-0.4, -0.2) is 21.6 Å². The van der Waals surface area contributed by atoms with E-state index in [1.165, 1.54) is 0 Å². The van der Waals surface area contributed by atoms with Gasteiger partial charge in [0.2, 0.25) is 0 Å². The van der Waals surface area contributed by atoms with Crippen molar-refractivity contribution < 1.29 is 4.74 Å². The lowest BCUT2D eigenvalue weighted by atomic mass is 10.1. The van der Waals surface area contributed by atoms with E-state index in [4.69, 9.17) is 9.72 Å². The molecule has 4 heteroatoms. The minimum absolute atomic E-state index is 0.523. The second-order valence-corrected chi connectivity index (χ2v) is 5.48. The van der Waals surface area contributed by atoms with Crippen LogP contribution in [0.1, 0.15) is 19.7 Å². The lowest BCUT2D eigenvalue weighted by molar-refractivity contribution is 0.412. The van der Waals surface area contributed by atoms with Gasteiger partial charge in [0.25, 0.3) is 0 Å². The Morgan fingerprint density at radius 1 is 1.14 bits per heavy atom. The van der Waals surface area contributed by atoms with E-state index in [2.05, 4.69) is 23.4 Å². The zero-order valence-electron chi connectivity index (χ0n) is 12.6. The summed E-state index contributed by atoms with van der Waals surface area (Å²) in [4.78, 5) is 9.26. The Morgan fingerprint density at radius 2 is 1.95 bits per heavy atom. The number of hydrogen-bond acceptors (Lipinski definition) is 3. The number of hydrogen-bond donors (Lipinski definition) is 0. The van der Waals surface area contributed by atoms with Crippen molar-refractivity contribution in [2.24, 2.45) is 5.92 Å². The summed E-state index contributed by atoms with van der Waals surface area (Å²) in [6.07, 6.45) is 2.70. The van der Waals surface area contributed by atoms with Crippen molar-refractivity contribution in [2.75, 3.05) is 7.11 Å². The Morgan fingerprint density at radius 3 is 2.71 bits per heavy atom. The van der Waals surface area contributed by atoms with Crippen LogP contribution in [0.2, 0.25) is 0 Å². The Hall–Kier alpha value is -2.36.